The summed E-state index contributed by atoms with van der Waals surface area (Å²) in [5.74, 6) is 1.54. The number of benzene rings is 2. The molecule has 138 valence electrons. The average Bonchev–Trinajstić information content (AvgIpc) is 3.11. The van der Waals surface area contributed by atoms with E-state index in [9.17, 15) is 4.79 Å². The molecule has 0 fully saturated rings. The number of halogens is 1. The molecule has 1 N–H and O–H groups in total. The van der Waals surface area contributed by atoms with Gasteiger partial charge in [0.2, 0.25) is 0 Å². The molecule has 0 unspecified atom stereocenters. The molecule has 1 amide bonds. The van der Waals surface area contributed by atoms with Crippen molar-refractivity contribution in [2.75, 3.05) is 0 Å². The maximum absolute atomic E-state index is 12.1. The Morgan fingerprint density at radius 3 is 2.70 bits per heavy atom. The van der Waals surface area contributed by atoms with Crippen LogP contribution in [0.3, 0.4) is 0 Å². The standard InChI is InChI=1S/C21H19BrN2O3/c1-14-8-10-18(19(22)12-14)20-11-9-17(27-20)13-23-24-21(25)15(2)26-16-6-4-3-5-7-16/h3-13,15H,1-2H3,(H,24,25)/b23-13-/t15-/m1/s1. The number of ether oxygens (including phenoxy) is 1. The molecule has 2 aromatic carbocycles. The minimum absolute atomic E-state index is 0.344. The number of aryl methyl sites for hydroxylation is 1. The van der Waals surface area contributed by atoms with Crippen LogP contribution in [0.2, 0.25) is 0 Å². The molecule has 6 heteroatoms. The SMILES string of the molecule is Cc1ccc(-c2ccc(/C=N\NC(=O)[C@@H](C)Oc3ccccc3)o2)c(Br)c1. The summed E-state index contributed by atoms with van der Waals surface area (Å²) in [4.78, 5) is 12.1. The molecular weight excluding hydrogens is 408 g/mol. The number of hydrogen-bond acceptors (Lipinski definition) is 4. The van der Waals surface area contributed by atoms with Gasteiger partial charge in [-0.2, -0.15) is 5.10 Å². The van der Waals surface area contributed by atoms with Gasteiger partial charge in [0.05, 0.1) is 6.21 Å². The van der Waals surface area contributed by atoms with Crippen LogP contribution in [-0.2, 0) is 4.79 Å². The van der Waals surface area contributed by atoms with Crippen molar-refractivity contribution in [3.05, 3.63) is 76.5 Å². The van der Waals surface area contributed by atoms with Gasteiger partial charge in [-0.15, -0.1) is 0 Å². The second kappa shape index (κ2) is 8.68. The van der Waals surface area contributed by atoms with Crippen molar-refractivity contribution in [3.8, 4) is 17.1 Å². The Labute approximate surface area is 166 Å². The summed E-state index contributed by atoms with van der Waals surface area (Å²) in [6.07, 6.45) is 0.791. The van der Waals surface area contributed by atoms with E-state index in [0.29, 0.717) is 11.5 Å². The zero-order valence-electron chi connectivity index (χ0n) is 15.0. The number of rotatable bonds is 6. The van der Waals surface area contributed by atoms with Crippen LogP contribution in [-0.4, -0.2) is 18.2 Å². The van der Waals surface area contributed by atoms with Crippen LogP contribution >= 0.6 is 15.9 Å². The zero-order chi connectivity index (χ0) is 19.2. The van der Waals surface area contributed by atoms with Gasteiger partial charge in [-0.25, -0.2) is 5.43 Å². The molecular formula is C21H19BrN2O3. The van der Waals surface area contributed by atoms with Gasteiger partial charge in [0.15, 0.2) is 6.10 Å². The first-order chi connectivity index (χ1) is 13.0. The van der Waals surface area contributed by atoms with Crippen molar-refractivity contribution in [3.63, 3.8) is 0 Å². The lowest BCUT2D eigenvalue weighted by Crippen LogP contribution is -2.33. The summed E-state index contributed by atoms with van der Waals surface area (Å²) in [5, 5.41) is 3.94. The molecule has 1 aromatic heterocycles. The Hall–Kier alpha value is -2.86. The van der Waals surface area contributed by atoms with Gasteiger partial charge in [0.1, 0.15) is 17.3 Å². The number of hydrazone groups is 1. The average molecular weight is 427 g/mol. The van der Waals surface area contributed by atoms with Crippen molar-refractivity contribution in [1.82, 2.24) is 5.43 Å². The minimum atomic E-state index is -0.666. The number of nitrogens with one attached hydrogen (secondary N) is 1. The van der Waals surface area contributed by atoms with Gasteiger partial charge in [0, 0.05) is 10.0 Å². The van der Waals surface area contributed by atoms with E-state index >= 15 is 0 Å². The summed E-state index contributed by atoms with van der Waals surface area (Å²) >= 11 is 3.54. The van der Waals surface area contributed by atoms with Gasteiger partial charge in [-0.05, 0) is 55.8 Å². The number of amides is 1. The van der Waals surface area contributed by atoms with Crippen molar-refractivity contribution in [1.29, 1.82) is 0 Å². The molecule has 0 saturated heterocycles. The summed E-state index contributed by atoms with van der Waals surface area (Å²) < 4.78 is 12.3. The van der Waals surface area contributed by atoms with Crippen molar-refractivity contribution in [2.45, 2.75) is 20.0 Å². The lowest BCUT2D eigenvalue weighted by molar-refractivity contribution is -0.127. The molecule has 27 heavy (non-hydrogen) atoms. The van der Waals surface area contributed by atoms with Crippen LogP contribution in [0.5, 0.6) is 5.75 Å². The number of para-hydroxylation sites is 1. The van der Waals surface area contributed by atoms with Gasteiger partial charge in [-0.3, -0.25) is 4.79 Å². The van der Waals surface area contributed by atoms with Crippen LogP contribution < -0.4 is 10.2 Å². The Morgan fingerprint density at radius 2 is 1.96 bits per heavy atom. The smallest absolute Gasteiger partial charge is 0.280 e. The van der Waals surface area contributed by atoms with Crippen LogP contribution in [0, 0.1) is 6.92 Å². The summed E-state index contributed by atoms with van der Waals surface area (Å²) in [6.45, 7) is 3.69. The molecule has 0 bridgehead atoms. The fraction of sp³-hybridized carbons (Fsp3) is 0.143. The lowest BCUT2D eigenvalue weighted by atomic mass is 10.1. The van der Waals surface area contributed by atoms with Crippen molar-refractivity contribution in [2.24, 2.45) is 5.10 Å². The first kappa shape index (κ1) is 18.9. The van der Waals surface area contributed by atoms with E-state index in [1.54, 1.807) is 25.1 Å². The highest BCUT2D eigenvalue weighted by Gasteiger charge is 2.13. The second-order valence-electron chi connectivity index (χ2n) is 5.99. The fourth-order valence-electron chi connectivity index (χ4n) is 2.39. The third-order valence-corrected chi connectivity index (χ3v) is 4.46. The molecule has 1 atom stereocenters. The van der Waals surface area contributed by atoms with Crippen LogP contribution in [0.25, 0.3) is 11.3 Å². The highest BCUT2D eigenvalue weighted by atomic mass is 79.9. The minimum Gasteiger partial charge on any atom is -0.481 e. The van der Waals surface area contributed by atoms with E-state index in [2.05, 4.69) is 26.5 Å². The molecule has 5 nitrogen and oxygen atoms in total. The fourth-order valence-corrected chi connectivity index (χ4v) is 3.08. The number of nitrogens with zero attached hydrogens (tertiary/aromatic N) is 1. The van der Waals surface area contributed by atoms with Gasteiger partial charge in [-0.1, -0.05) is 40.2 Å². The number of hydrogen-bond donors (Lipinski definition) is 1. The molecule has 0 aliphatic carbocycles. The number of carbonyl (C=O) groups excluding carboxylic acids is 1. The monoisotopic (exact) mass is 426 g/mol. The molecule has 0 aliphatic rings. The Morgan fingerprint density at radius 1 is 1.19 bits per heavy atom. The highest BCUT2D eigenvalue weighted by Crippen LogP contribution is 2.30. The predicted molar refractivity (Wildman–Crippen MR) is 109 cm³/mol. The van der Waals surface area contributed by atoms with E-state index in [4.69, 9.17) is 9.15 Å². The first-order valence-electron chi connectivity index (χ1n) is 8.44. The quantitative estimate of drug-likeness (QED) is 0.448. The Balaban J connectivity index is 1.58. The molecule has 3 rings (SSSR count). The van der Waals surface area contributed by atoms with Crippen molar-refractivity contribution >= 4 is 28.1 Å². The second-order valence-corrected chi connectivity index (χ2v) is 6.85. The van der Waals surface area contributed by atoms with Crippen LogP contribution in [0.15, 0.2) is 74.7 Å². The predicted octanol–water partition coefficient (Wildman–Crippen LogP) is 4.94. The third kappa shape index (κ3) is 5.08. The highest BCUT2D eigenvalue weighted by molar-refractivity contribution is 9.10. The van der Waals surface area contributed by atoms with E-state index in [-0.39, 0.29) is 5.91 Å². The van der Waals surface area contributed by atoms with Crippen LogP contribution in [0.4, 0.5) is 0 Å². The first-order valence-corrected chi connectivity index (χ1v) is 9.23. The van der Waals surface area contributed by atoms with E-state index in [0.717, 1.165) is 21.4 Å². The zero-order valence-corrected chi connectivity index (χ0v) is 16.6. The third-order valence-electron chi connectivity index (χ3n) is 3.81. The van der Waals surface area contributed by atoms with E-state index in [1.165, 1.54) is 6.21 Å². The van der Waals surface area contributed by atoms with Gasteiger partial charge in [0.25, 0.3) is 5.91 Å². The molecule has 0 spiro atoms. The maximum Gasteiger partial charge on any atom is 0.280 e. The van der Waals surface area contributed by atoms with E-state index in [1.807, 2.05) is 49.4 Å². The molecule has 0 aliphatic heterocycles. The van der Waals surface area contributed by atoms with E-state index < -0.39 is 6.10 Å². The largest absolute Gasteiger partial charge is 0.481 e. The Kier molecular flexibility index (Phi) is 6.08. The molecule has 3 aromatic rings. The van der Waals surface area contributed by atoms with Crippen molar-refractivity contribution < 1.29 is 13.9 Å². The normalized spacial score (nSPS) is 12.1. The summed E-state index contributed by atoms with van der Waals surface area (Å²) in [6, 6.07) is 18.9. The Bertz CT molecular complexity index is 951. The topological polar surface area (TPSA) is 63.8 Å². The number of furan rings is 1. The molecule has 0 radical (unpaired) electrons. The summed E-state index contributed by atoms with van der Waals surface area (Å²) in [5.41, 5.74) is 4.57. The van der Waals surface area contributed by atoms with Gasteiger partial charge < -0.3 is 9.15 Å². The number of carbonyl (C=O) groups is 1. The molecule has 1 heterocycles. The molecule has 0 saturated carbocycles. The van der Waals surface area contributed by atoms with Gasteiger partial charge >= 0.3 is 0 Å². The summed E-state index contributed by atoms with van der Waals surface area (Å²) in [7, 11) is 0. The van der Waals surface area contributed by atoms with Crippen LogP contribution in [0.1, 0.15) is 18.2 Å². The lowest BCUT2D eigenvalue weighted by Gasteiger charge is -2.12. The maximum atomic E-state index is 12.1.